The fraction of sp³-hybridized carbons (Fsp3) is 0.625. The van der Waals surface area contributed by atoms with Gasteiger partial charge in [-0.05, 0) is 36.8 Å². The van der Waals surface area contributed by atoms with Gasteiger partial charge in [0.15, 0.2) is 0 Å². The molecule has 1 atom stereocenters. The molecule has 1 N–H and O–H groups in total. The van der Waals surface area contributed by atoms with Crippen LogP contribution in [-0.4, -0.2) is 19.2 Å². The lowest BCUT2D eigenvalue weighted by Crippen LogP contribution is -2.25. The number of benzene rings is 1. The van der Waals surface area contributed by atoms with Gasteiger partial charge in [0.2, 0.25) is 0 Å². The second-order valence-corrected chi connectivity index (χ2v) is 6.65. The molecule has 0 spiro atoms. The molecule has 0 saturated heterocycles. The zero-order valence-corrected chi connectivity index (χ0v) is 12.9. The van der Waals surface area contributed by atoms with Crippen LogP contribution in [0.25, 0.3) is 0 Å². The maximum atomic E-state index is 6.15. The van der Waals surface area contributed by atoms with E-state index in [1.807, 2.05) is 0 Å². The molecule has 0 amide bonds. The average Bonchev–Trinajstić information content (AvgIpc) is 3.28. The summed E-state index contributed by atoms with van der Waals surface area (Å²) in [5.74, 6) is 0.941. The lowest BCUT2D eigenvalue weighted by atomic mass is 10.1. The minimum absolute atomic E-state index is 0.176. The lowest BCUT2D eigenvalue weighted by molar-refractivity contribution is 0.0479. The van der Waals surface area contributed by atoms with Crippen LogP contribution in [-0.2, 0) is 4.74 Å². The lowest BCUT2D eigenvalue weighted by Gasteiger charge is -2.20. The number of ether oxygens (including phenoxy) is 1. The third kappa shape index (κ3) is 4.30. The Kier molecular flexibility index (Phi) is 4.57. The molecule has 2 fully saturated rings. The normalized spacial score (nSPS) is 20.5. The van der Waals surface area contributed by atoms with Gasteiger partial charge in [0, 0.05) is 23.7 Å². The fourth-order valence-corrected chi connectivity index (χ4v) is 2.88. The molecule has 0 heterocycles. The molecule has 2 saturated carbocycles. The zero-order chi connectivity index (χ0) is 13.1. The van der Waals surface area contributed by atoms with E-state index in [4.69, 9.17) is 4.74 Å². The van der Waals surface area contributed by atoms with Crippen molar-refractivity contribution in [2.45, 2.75) is 44.2 Å². The van der Waals surface area contributed by atoms with Crippen molar-refractivity contribution in [3.8, 4) is 0 Å². The Labute approximate surface area is 124 Å². The number of nitrogens with one attached hydrogen (secondary N) is 1. The highest BCUT2D eigenvalue weighted by atomic mass is 79.9. The van der Waals surface area contributed by atoms with Gasteiger partial charge in [-0.15, -0.1) is 0 Å². The van der Waals surface area contributed by atoms with Crippen LogP contribution in [0.3, 0.4) is 0 Å². The van der Waals surface area contributed by atoms with E-state index in [2.05, 4.69) is 45.5 Å². The van der Waals surface area contributed by atoms with Crippen LogP contribution in [0, 0.1) is 5.92 Å². The first-order valence-corrected chi connectivity index (χ1v) is 8.21. The second kappa shape index (κ2) is 6.38. The van der Waals surface area contributed by atoms with Crippen LogP contribution in [0.4, 0.5) is 0 Å². The van der Waals surface area contributed by atoms with Crippen LogP contribution in [0.15, 0.2) is 28.7 Å². The molecule has 0 aromatic heterocycles. The summed E-state index contributed by atoms with van der Waals surface area (Å²) in [6.07, 6.45) is 6.86. The third-order valence-corrected chi connectivity index (χ3v) is 4.69. The minimum Gasteiger partial charge on any atom is -0.372 e. The first kappa shape index (κ1) is 13.6. The summed E-state index contributed by atoms with van der Waals surface area (Å²) >= 11 is 3.64. The Morgan fingerprint density at radius 3 is 2.68 bits per heavy atom. The SMILES string of the molecule is Brc1ccccc1C(CNC1CC1)OCCC1CC1. The van der Waals surface area contributed by atoms with Gasteiger partial charge in [-0.25, -0.2) is 0 Å². The van der Waals surface area contributed by atoms with Gasteiger partial charge in [-0.2, -0.15) is 0 Å². The largest absolute Gasteiger partial charge is 0.372 e. The van der Waals surface area contributed by atoms with Gasteiger partial charge >= 0.3 is 0 Å². The molecular formula is C16H22BrNO. The molecule has 1 aromatic rings. The molecule has 1 unspecified atom stereocenters. The predicted molar refractivity (Wildman–Crippen MR) is 81.2 cm³/mol. The van der Waals surface area contributed by atoms with Crippen LogP contribution >= 0.6 is 15.9 Å². The summed E-state index contributed by atoms with van der Waals surface area (Å²) in [5, 5.41) is 3.59. The Hall–Kier alpha value is -0.380. The van der Waals surface area contributed by atoms with Gasteiger partial charge in [-0.1, -0.05) is 47.0 Å². The van der Waals surface area contributed by atoms with Crippen molar-refractivity contribution in [3.05, 3.63) is 34.3 Å². The zero-order valence-electron chi connectivity index (χ0n) is 11.3. The molecule has 1 aromatic carbocycles. The molecule has 3 heteroatoms. The maximum Gasteiger partial charge on any atom is 0.0960 e. The van der Waals surface area contributed by atoms with Gasteiger partial charge < -0.3 is 10.1 Å². The Bertz CT molecular complexity index is 415. The van der Waals surface area contributed by atoms with E-state index in [1.165, 1.54) is 37.7 Å². The number of halogens is 1. The second-order valence-electron chi connectivity index (χ2n) is 5.80. The van der Waals surface area contributed by atoms with Crippen molar-refractivity contribution in [2.24, 2.45) is 5.92 Å². The molecule has 2 nitrogen and oxygen atoms in total. The van der Waals surface area contributed by atoms with Gasteiger partial charge in [-0.3, -0.25) is 0 Å². The first-order valence-electron chi connectivity index (χ1n) is 7.42. The van der Waals surface area contributed by atoms with Crippen molar-refractivity contribution in [1.82, 2.24) is 5.32 Å². The summed E-state index contributed by atoms with van der Waals surface area (Å²) in [4.78, 5) is 0. The van der Waals surface area contributed by atoms with Crippen molar-refractivity contribution >= 4 is 15.9 Å². The van der Waals surface area contributed by atoms with E-state index in [9.17, 15) is 0 Å². The van der Waals surface area contributed by atoms with Crippen LogP contribution < -0.4 is 5.32 Å². The average molecular weight is 324 g/mol. The summed E-state index contributed by atoms with van der Waals surface area (Å²) in [7, 11) is 0. The molecule has 2 aliphatic carbocycles. The molecule has 0 aliphatic heterocycles. The fourth-order valence-electron chi connectivity index (χ4n) is 2.34. The molecule has 0 radical (unpaired) electrons. The van der Waals surface area contributed by atoms with E-state index in [0.29, 0.717) is 0 Å². The van der Waals surface area contributed by atoms with E-state index in [1.54, 1.807) is 0 Å². The molecule has 0 bridgehead atoms. The van der Waals surface area contributed by atoms with E-state index in [0.717, 1.165) is 29.6 Å². The monoisotopic (exact) mass is 323 g/mol. The van der Waals surface area contributed by atoms with Crippen molar-refractivity contribution in [1.29, 1.82) is 0 Å². The molecular weight excluding hydrogens is 302 g/mol. The standard InChI is InChI=1S/C16H22BrNO/c17-15-4-2-1-3-14(15)16(11-18-13-7-8-13)19-10-9-12-5-6-12/h1-4,12-13,16,18H,5-11H2. The Morgan fingerprint density at radius 1 is 1.21 bits per heavy atom. The summed E-state index contributed by atoms with van der Waals surface area (Å²) < 4.78 is 7.30. The quantitative estimate of drug-likeness (QED) is 0.779. The van der Waals surface area contributed by atoms with E-state index < -0.39 is 0 Å². The first-order chi connectivity index (χ1) is 9.33. The summed E-state index contributed by atoms with van der Waals surface area (Å²) in [6.45, 7) is 1.82. The maximum absolute atomic E-state index is 6.15. The van der Waals surface area contributed by atoms with Crippen molar-refractivity contribution in [3.63, 3.8) is 0 Å². The summed E-state index contributed by atoms with van der Waals surface area (Å²) in [5.41, 5.74) is 1.27. The highest BCUT2D eigenvalue weighted by Crippen LogP contribution is 2.33. The van der Waals surface area contributed by atoms with Crippen molar-refractivity contribution in [2.75, 3.05) is 13.2 Å². The molecule has 19 heavy (non-hydrogen) atoms. The molecule has 3 rings (SSSR count). The van der Waals surface area contributed by atoms with E-state index >= 15 is 0 Å². The summed E-state index contributed by atoms with van der Waals surface area (Å²) in [6, 6.07) is 9.15. The molecule has 104 valence electrons. The van der Waals surface area contributed by atoms with Crippen LogP contribution in [0.1, 0.15) is 43.8 Å². The van der Waals surface area contributed by atoms with Gasteiger partial charge in [0.05, 0.1) is 6.10 Å². The number of hydrogen-bond donors (Lipinski definition) is 1. The van der Waals surface area contributed by atoms with Crippen molar-refractivity contribution < 1.29 is 4.74 Å². The van der Waals surface area contributed by atoms with Crippen LogP contribution in [0.5, 0.6) is 0 Å². The minimum atomic E-state index is 0.176. The van der Waals surface area contributed by atoms with Gasteiger partial charge in [0.25, 0.3) is 0 Å². The smallest absolute Gasteiger partial charge is 0.0960 e. The number of rotatable bonds is 8. The van der Waals surface area contributed by atoms with Crippen LogP contribution in [0.2, 0.25) is 0 Å². The highest BCUT2D eigenvalue weighted by Gasteiger charge is 2.25. The predicted octanol–water partition coefficient (Wildman–Crippen LogP) is 4.06. The number of hydrogen-bond acceptors (Lipinski definition) is 2. The Morgan fingerprint density at radius 2 is 2.00 bits per heavy atom. The topological polar surface area (TPSA) is 21.3 Å². The third-order valence-electron chi connectivity index (χ3n) is 3.96. The Balaban J connectivity index is 1.57. The highest BCUT2D eigenvalue weighted by molar-refractivity contribution is 9.10. The van der Waals surface area contributed by atoms with E-state index in [-0.39, 0.29) is 6.10 Å². The molecule has 2 aliphatic rings. The van der Waals surface area contributed by atoms with Gasteiger partial charge in [0.1, 0.15) is 0 Å².